The van der Waals surface area contributed by atoms with Gasteiger partial charge in [-0.25, -0.2) is 0 Å². The van der Waals surface area contributed by atoms with Gasteiger partial charge in [-0.3, -0.25) is 14.7 Å². The van der Waals surface area contributed by atoms with Crippen LogP contribution in [-0.2, 0) is 4.79 Å². The average Bonchev–Trinajstić information content (AvgIpc) is 2.72. The van der Waals surface area contributed by atoms with Crippen LogP contribution >= 0.6 is 0 Å². The Kier molecular flexibility index (Phi) is 5.21. The van der Waals surface area contributed by atoms with E-state index in [2.05, 4.69) is 15.5 Å². The number of aromatic amines is 1. The van der Waals surface area contributed by atoms with Crippen molar-refractivity contribution in [3.63, 3.8) is 0 Å². The molecule has 0 atom stereocenters. The Morgan fingerprint density at radius 2 is 2.31 bits per heavy atom. The lowest BCUT2D eigenvalue weighted by atomic mass is 10.2. The van der Waals surface area contributed by atoms with Gasteiger partial charge in [0.25, 0.3) is 0 Å². The monoisotopic (exact) mass is 224 g/mol. The SMILES string of the molecule is NCCCCCC(=O)Nc1cc(C=O)[nH]n1. The molecular formula is C10H16N4O2. The number of H-pyrrole nitrogens is 1. The van der Waals surface area contributed by atoms with Crippen molar-refractivity contribution >= 4 is 18.0 Å². The maximum atomic E-state index is 11.4. The first-order chi connectivity index (χ1) is 7.76. The minimum Gasteiger partial charge on any atom is -0.330 e. The van der Waals surface area contributed by atoms with Crippen molar-refractivity contribution in [3.05, 3.63) is 11.8 Å². The van der Waals surface area contributed by atoms with Crippen molar-refractivity contribution in [3.8, 4) is 0 Å². The van der Waals surface area contributed by atoms with Crippen LogP contribution in [0.15, 0.2) is 6.07 Å². The Morgan fingerprint density at radius 1 is 1.50 bits per heavy atom. The molecule has 1 amide bonds. The van der Waals surface area contributed by atoms with E-state index in [4.69, 9.17) is 5.73 Å². The van der Waals surface area contributed by atoms with Gasteiger partial charge in [0.1, 0.15) is 0 Å². The molecule has 0 aliphatic rings. The summed E-state index contributed by atoms with van der Waals surface area (Å²) in [5.41, 5.74) is 5.69. The first kappa shape index (κ1) is 12.4. The lowest BCUT2D eigenvalue weighted by Crippen LogP contribution is -2.11. The van der Waals surface area contributed by atoms with Gasteiger partial charge in [0.05, 0.1) is 5.69 Å². The highest BCUT2D eigenvalue weighted by molar-refractivity contribution is 5.90. The molecule has 0 fully saturated rings. The molecule has 6 heteroatoms. The van der Waals surface area contributed by atoms with Crippen LogP contribution in [0.1, 0.15) is 36.2 Å². The Labute approximate surface area is 93.6 Å². The number of carbonyl (C=O) groups is 2. The van der Waals surface area contributed by atoms with Gasteiger partial charge in [0.15, 0.2) is 12.1 Å². The molecule has 1 heterocycles. The number of hydrogen-bond acceptors (Lipinski definition) is 4. The molecule has 0 bridgehead atoms. The molecule has 16 heavy (non-hydrogen) atoms. The van der Waals surface area contributed by atoms with Crippen molar-refractivity contribution in [2.75, 3.05) is 11.9 Å². The summed E-state index contributed by atoms with van der Waals surface area (Å²) in [6.07, 6.45) is 3.79. The number of unbranched alkanes of at least 4 members (excludes halogenated alkanes) is 2. The van der Waals surface area contributed by atoms with Crippen LogP contribution in [0.3, 0.4) is 0 Å². The fraction of sp³-hybridized carbons (Fsp3) is 0.500. The number of amides is 1. The van der Waals surface area contributed by atoms with Gasteiger partial charge in [-0.2, -0.15) is 5.10 Å². The highest BCUT2D eigenvalue weighted by atomic mass is 16.1. The van der Waals surface area contributed by atoms with Crippen molar-refractivity contribution in [2.24, 2.45) is 5.73 Å². The van der Waals surface area contributed by atoms with Crippen LogP contribution in [0.25, 0.3) is 0 Å². The first-order valence-electron chi connectivity index (χ1n) is 5.26. The third-order valence-electron chi connectivity index (χ3n) is 2.10. The van der Waals surface area contributed by atoms with Crippen molar-refractivity contribution < 1.29 is 9.59 Å². The van der Waals surface area contributed by atoms with Gasteiger partial charge in [0, 0.05) is 12.5 Å². The molecule has 1 aromatic rings. The van der Waals surface area contributed by atoms with E-state index in [1.807, 2.05) is 0 Å². The number of hydrogen-bond donors (Lipinski definition) is 3. The molecule has 0 saturated heterocycles. The summed E-state index contributed by atoms with van der Waals surface area (Å²) < 4.78 is 0. The number of aldehydes is 1. The minimum atomic E-state index is -0.0963. The Bertz CT molecular complexity index is 348. The highest BCUT2D eigenvalue weighted by Crippen LogP contribution is 2.05. The molecule has 6 nitrogen and oxygen atoms in total. The largest absolute Gasteiger partial charge is 0.330 e. The summed E-state index contributed by atoms with van der Waals surface area (Å²) in [4.78, 5) is 21.7. The maximum absolute atomic E-state index is 11.4. The van der Waals surface area contributed by atoms with E-state index < -0.39 is 0 Å². The van der Waals surface area contributed by atoms with Crippen molar-refractivity contribution in [1.29, 1.82) is 0 Å². The van der Waals surface area contributed by atoms with Gasteiger partial charge in [-0.05, 0) is 19.4 Å². The van der Waals surface area contributed by atoms with Gasteiger partial charge >= 0.3 is 0 Å². The van der Waals surface area contributed by atoms with E-state index in [1.165, 1.54) is 6.07 Å². The summed E-state index contributed by atoms with van der Waals surface area (Å²) in [6, 6.07) is 1.49. The second kappa shape index (κ2) is 6.73. The van der Waals surface area contributed by atoms with E-state index >= 15 is 0 Å². The Balaban J connectivity index is 2.25. The normalized spacial score (nSPS) is 10.1. The molecular weight excluding hydrogens is 208 g/mol. The summed E-state index contributed by atoms with van der Waals surface area (Å²) in [7, 11) is 0. The van der Waals surface area contributed by atoms with Crippen LogP contribution in [0.4, 0.5) is 5.82 Å². The molecule has 1 rings (SSSR count). The Hall–Kier alpha value is -1.69. The number of carbonyl (C=O) groups excluding carboxylic acids is 2. The molecule has 0 spiro atoms. The quantitative estimate of drug-likeness (QED) is 0.468. The summed E-state index contributed by atoms with van der Waals surface area (Å²) in [5.74, 6) is 0.284. The molecule has 0 aliphatic heterocycles. The fourth-order valence-corrected chi connectivity index (χ4v) is 1.27. The summed E-state index contributed by atoms with van der Waals surface area (Å²) >= 11 is 0. The topological polar surface area (TPSA) is 101 Å². The van der Waals surface area contributed by atoms with E-state index in [1.54, 1.807) is 0 Å². The molecule has 0 saturated carbocycles. The zero-order chi connectivity index (χ0) is 11.8. The lowest BCUT2D eigenvalue weighted by Gasteiger charge is -2.00. The first-order valence-corrected chi connectivity index (χ1v) is 5.26. The molecule has 1 aromatic heterocycles. The number of aromatic nitrogens is 2. The minimum absolute atomic E-state index is 0.0963. The molecule has 88 valence electrons. The maximum Gasteiger partial charge on any atom is 0.225 e. The van der Waals surface area contributed by atoms with E-state index in [-0.39, 0.29) is 5.91 Å². The standard InChI is InChI=1S/C10H16N4O2/c11-5-3-1-2-4-10(16)12-9-6-8(7-15)13-14-9/h6-7H,1-5,11H2,(H2,12,13,14,16). The smallest absolute Gasteiger partial charge is 0.225 e. The van der Waals surface area contributed by atoms with E-state index in [9.17, 15) is 9.59 Å². The lowest BCUT2D eigenvalue weighted by molar-refractivity contribution is -0.116. The molecule has 0 unspecified atom stereocenters. The fourth-order valence-electron chi connectivity index (χ4n) is 1.27. The average molecular weight is 224 g/mol. The third-order valence-corrected chi connectivity index (χ3v) is 2.10. The summed E-state index contributed by atoms with van der Waals surface area (Å²) in [6.45, 7) is 0.656. The van der Waals surface area contributed by atoms with Gasteiger partial charge < -0.3 is 11.1 Å². The zero-order valence-electron chi connectivity index (χ0n) is 9.03. The number of anilines is 1. The van der Waals surface area contributed by atoms with Crippen LogP contribution in [-0.4, -0.2) is 28.9 Å². The third kappa shape index (κ3) is 4.22. The molecule has 4 N–H and O–H groups in total. The van der Waals surface area contributed by atoms with Crippen LogP contribution in [0.2, 0.25) is 0 Å². The second-order valence-corrected chi connectivity index (χ2v) is 3.47. The number of nitrogens with two attached hydrogens (primary N) is 1. The van der Waals surface area contributed by atoms with E-state index in [0.717, 1.165) is 19.3 Å². The predicted octanol–water partition coefficient (Wildman–Crippen LogP) is 0.680. The highest BCUT2D eigenvalue weighted by Gasteiger charge is 2.05. The number of rotatable bonds is 7. The van der Waals surface area contributed by atoms with Gasteiger partial charge in [-0.1, -0.05) is 6.42 Å². The van der Waals surface area contributed by atoms with Crippen LogP contribution in [0, 0.1) is 0 Å². The van der Waals surface area contributed by atoms with Gasteiger partial charge in [0.2, 0.25) is 5.91 Å². The van der Waals surface area contributed by atoms with E-state index in [0.29, 0.717) is 30.8 Å². The van der Waals surface area contributed by atoms with Crippen LogP contribution < -0.4 is 11.1 Å². The van der Waals surface area contributed by atoms with Crippen molar-refractivity contribution in [2.45, 2.75) is 25.7 Å². The Morgan fingerprint density at radius 3 is 2.94 bits per heavy atom. The predicted molar refractivity (Wildman–Crippen MR) is 60.1 cm³/mol. The second-order valence-electron chi connectivity index (χ2n) is 3.47. The molecule has 0 aliphatic carbocycles. The number of nitrogens with one attached hydrogen (secondary N) is 2. The van der Waals surface area contributed by atoms with Crippen LogP contribution in [0.5, 0.6) is 0 Å². The van der Waals surface area contributed by atoms with Crippen molar-refractivity contribution in [1.82, 2.24) is 10.2 Å². The molecule has 0 radical (unpaired) electrons. The number of nitrogens with zero attached hydrogens (tertiary/aromatic N) is 1. The molecule has 0 aromatic carbocycles. The zero-order valence-corrected chi connectivity index (χ0v) is 9.03. The van der Waals surface area contributed by atoms with Gasteiger partial charge in [-0.15, -0.1) is 0 Å². The summed E-state index contributed by atoms with van der Waals surface area (Å²) in [5, 5.41) is 8.85.